The van der Waals surface area contributed by atoms with Gasteiger partial charge in [-0.25, -0.2) is 4.79 Å². The van der Waals surface area contributed by atoms with E-state index in [0.29, 0.717) is 42.5 Å². The highest BCUT2D eigenvalue weighted by atomic mass is 35.5. The van der Waals surface area contributed by atoms with Crippen LogP contribution in [0.25, 0.3) is 0 Å². The van der Waals surface area contributed by atoms with Crippen LogP contribution in [-0.4, -0.2) is 66.9 Å². The molecule has 1 aliphatic heterocycles. The van der Waals surface area contributed by atoms with E-state index in [1.54, 1.807) is 42.1 Å². The van der Waals surface area contributed by atoms with Gasteiger partial charge in [0, 0.05) is 46.0 Å². The van der Waals surface area contributed by atoms with Gasteiger partial charge in [-0.1, -0.05) is 17.7 Å². The fraction of sp³-hybridized carbons (Fsp3) is 0.429. The van der Waals surface area contributed by atoms with Crippen LogP contribution in [0, 0.1) is 0 Å². The molecule has 6 nitrogen and oxygen atoms in total. The van der Waals surface area contributed by atoms with E-state index >= 15 is 0 Å². The van der Waals surface area contributed by atoms with Crippen molar-refractivity contribution in [3.05, 3.63) is 28.8 Å². The number of benzene rings is 1. The lowest BCUT2D eigenvalue weighted by molar-refractivity contribution is 0.0651. The number of nitrogen functional groups attached to an aromatic ring is 1. The molecule has 1 aromatic rings. The van der Waals surface area contributed by atoms with Crippen LogP contribution in [0.4, 0.5) is 10.5 Å². The normalized spacial score (nSPS) is 15.0. The van der Waals surface area contributed by atoms with Gasteiger partial charge in [-0.05, 0) is 12.1 Å². The Morgan fingerprint density at radius 3 is 2.24 bits per heavy atom. The zero-order valence-corrected chi connectivity index (χ0v) is 12.9. The number of amides is 3. The van der Waals surface area contributed by atoms with Crippen LogP contribution in [0.15, 0.2) is 18.2 Å². The Morgan fingerprint density at radius 2 is 1.71 bits per heavy atom. The number of carbonyl (C=O) groups excluding carboxylic acids is 2. The van der Waals surface area contributed by atoms with Crippen molar-refractivity contribution in [2.24, 2.45) is 0 Å². The molecular weight excluding hydrogens is 292 g/mol. The standard InChI is InChI=1S/C14H19ClN4O2/c1-17(2)14(21)19-8-6-18(7-9-19)13(20)12-10(15)4-3-5-11(12)16/h3-5H,6-9,16H2,1-2H3. The maximum Gasteiger partial charge on any atom is 0.319 e. The van der Waals surface area contributed by atoms with Crippen LogP contribution in [-0.2, 0) is 0 Å². The molecule has 1 heterocycles. The van der Waals surface area contributed by atoms with Crippen molar-refractivity contribution in [1.29, 1.82) is 0 Å². The summed E-state index contributed by atoms with van der Waals surface area (Å²) in [6.07, 6.45) is 0. The van der Waals surface area contributed by atoms with Gasteiger partial charge in [-0.2, -0.15) is 0 Å². The molecule has 0 spiro atoms. The van der Waals surface area contributed by atoms with Gasteiger partial charge >= 0.3 is 6.03 Å². The van der Waals surface area contributed by atoms with Crippen LogP contribution < -0.4 is 5.73 Å². The average molecular weight is 311 g/mol. The smallest absolute Gasteiger partial charge is 0.319 e. The summed E-state index contributed by atoms with van der Waals surface area (Å²) in [5.74, 6) is -0.185. The lowest BCUT2D eigenvalue weighted by atomic mass is 10.1. The van der Waals surface area contributed by atoms with Crippen molar-refractivity contribution in [2.45, 2.75) is 0 Å². The van der Waals surface area contributed by atoms with E-state index in [9.17, 15) is 9.59 Å². The first-order valence-corrected chi connectivity index (χ1v) is 7.09. The van der Waals surface area contributed by atoms with Gasteiger partial charge in [0.2, 0.25) is 0 Å². The Labute approximate surface area is 129 Å². The second kappa shape index (κ2) is 6.22. The highest BCUT2D eigenvalue weighted by Crippen LogP contribution is 2.24. The molecule has 2 N–H and O–H groups in total. The Bertz CT molecular complexity index is 534. The summed E-state index contributed by atoms with van der Waals surface area (Å²) in [4.78, 5) is 29.3. The number of hydrogen-bond donors (Lipinski definition) is 1. The summed E-state index contributed by atoms with van der Waals surface area (Å²) in [7, 11) is 3.43. The molecule has 0 unspecified atom stereocenters. The monoisotopic (exact) mass is 310 g/mol. The molecule has 114 valence electrons. The first-order valence-electron chi connectivity index (χ1n) is 6.71. The van der Waals surface area contributed by atoms with E-state index in [4.69, 9.17) is 17.3 Å². The van der Waals surface area contributed by atoms with Gasteiger partial charge in [0.15, 0.2) is 0 Å². The van der Waals surface area contributed by atoms with Crippen LogP contribution in [0.5, 0.6) is 0 Å². The molecule has 3 amide bonds. The molecular formula is C14H19ClN4O2. The quantitative estimate of drug-likeness (QED) is 0.796. The summed E-state index contributed by atoms with van der Waals surface area (Å²) >= 11 is 6.07. The summed E-state index contributed by atoms with van der Waals surface area (Å²) in [6, 6.07) is 4.98. The van der Waals surface area contributed by atoms with Crippen LogP contribution in [0.2, 0.25) is 5.02 Å². The van der Waals surface area contributed by atoms with Crippen LogP contribution >= 0.6 is 11.6 Å². The Morgan fingerprint density at radius 1 is 1.14 bits per heavy atom. The Balaban J connectivity index is 2.06. The van der Waals surface area contributed by atoms with E-state index in [-0.39, 0.29) is 11.9 Å². The zero-order valence-electron chi connectivity index (χ0n) is 12.2. The summed E-state index contributed by atoms with van der Waals surface area (Å²) < 4.78 is 0. The molecule has 21 heavy (non-hydrogen) atoms. The lowest BCUT2D eigenvalue weighted by Crippen LogP contribution is -2.53. The number of piperazine rings is 1. The molecule has 0 aromatic heterocycles. The topological polar surface area (TPSA) is 69.9 Å². The third-order valence-electron chi connectivity index (χ3n) is 3.48. The van der Waals surface area contributed by atoms with Gasteiger partial charge in [0.25, 0.3) is 5.91 Å². The van der Waals surface area contributed by atoms with E-state index in [0.717, 1.165) is 0 Å². The van der Waals surface area contributed by atoms with E-state index in [1.165, 1.54) is 4.90 Å². The number of nitrogens with zero attached hydrogens (tertiary/aromatic N) is 3. The van der Waals surface area contributed by atoms with Crippen molar-refractivity contribution >= 4 is 29.2 Å². The predicted octanol–water partition coefficient (Wildman–Crippen LogP) is 1.36. The van der Waals surface area contributed by atoms with Crippen molar-refractivity contribution < 1.29 is 9.59 Å². The van der Waals surface area contributed by atoms with Crippen LogP contribution in [0.3, 0.4) is 0 Å². The second-order valence-electron chi connectivity index (χ2n) is 5.16. The first kappa shape index (κ1) is 15.4. The van der Waals surface area contributed by atoms with Gasteiger partial charge in [0.05, 0.1) is 10.6 Å². The zero-order chi connectivity index (χ0) is 15.6. The van der Waals surface area contributed by atoms with Gasteiger partial charge in [0.1, 0.15) is 0 Å². The minimum absolute atomic E-state index is 0.0423. The third-order valence-corrected chi connectivity index (χ3v) is 3.79. The molecule has 1 fully saturated rings. The number of urea groups is 1. The number of halogens is 1. The lowest BCUT2D eigenvalue weighted by Gasteiger charge is -2.36. The minimum Gasteiger partial charge on any atom is -0.398 e. The molecule has 7 heteroatoms. The molecule has 1 saturated heterocycles. The SMILES string of the molecule is CN(C)C(=O)N1CCN(C(=O)c2c(N)cccc2Cl)CC1. The second-order valence-corrected chi connectivity index (χ2v) is 5.57. The number of carbonyl (C=O) groups is 2. The van der Waals surface area contributed by atoms with Gasteiger partial charge < -0.3 is 20.4 Å². The third kappa shape index (κ3) is 3.21. The number of anilines is 1. The van der Waals surface area contributed by atoms with Crippen LogP contribution in [0.1, 0.15) is 10.4 Å². The Hall–Kier alpha value is -1.95. The molecule has 0 radical (unpaired) electrons. The van der Waals surface area contributed by atoms with Gasteiger partial charge in [-0.3, -0.25) is 4.79 Å². The molecule has 1 aromatic carbocycles. The molecule has 0 saturated carbocycles. The summed E-state index contributed by atoms with van der Waals surface area (Å²) in [6.45, 7) is 1.96. The highest BCUT2D eigenvalue weighted by molar-refractivity contribution is 6.34. The maximum absolute atomic E-state index is 12.5. The molecule has 0 bridgehead atoms. The number of hydrogen-bond acceptors (Lipinski definition) is 3. The van der Waals surface area contributed by atoms with Crippen molar-refractivity contribution in [3.63, 3.8) is 0 Å². The van der Waals surface area contributed by atoms with E-state index in [2.05, 4.69) is 0 Å². The highest BCUT2D eigenvalue weighted by Gasteiger charge is 2.27. The van der Waals surface area contributed by atoms with Crippen molar-refractivity contribution in [1.82, 2.24) is 14.7 Å². The average Bonchev–Trinajstić information content (AvgIpc) is 2.46. The largest absolute Gasteiger partial charge is 0.398 e. The minimum atomic E-state index is -0.185. The van der Waals surface area contributed by atoms with Crippen molar-refractivity contribution in [2.75, 3.05) is 46.0 Å². The molecule has 2 rings (SSSR count). The fourth-order valence-electron chi connectivity index (χ4n) is 2.31. The summed E-state index contributed by atoms with van der Waals surface area (Å²) in [5, 5.41) is 0.354. The fourth-order valence-corrected chi connectivity index (χ4v) is 2.57. The maximum atomic E-state index is 12.5. The molecule has 0 atom stereocenters. The first-order chi connectivity index (χ1) is 9.91. The number of rotatable bonds is 1. The van der Waals surface area contributed by atoms with E-state index in [1.807, 2.05) is 0 Å². The number of nitrogens with two attached hydrogens (primary N) is 1. The predicted molar refractivity (Wildman–Crippen MR) is 82.4 cm³/mol. The Kier molecular flexibility index (Phi) is 4.57. The van der Waals surface area contributed by atoms with E-state index < -0.39 is 0 Å². The molecule has 0 aliphatic carbocycles. The van der Waals surface area contributed by atoms with Gasteiger partial charge in [-0.15, -0.1) is 0 Å². The van der Waals surface area contributed by atoms with Crippen molar-refractivity contribution in [3.8, 4) is 0 Å². The summed E-state index contributed by atoms with van der Waals surface area (Å²) in [5.41, 5.74) is 6.55. The molecule has 1 aliphatic rings.